The Bertz CT molecular complexity index is 673. The lowest BCUT2D eigenvalue weighted by Gasteiger charge is -2.35. The molecule has 0 radical (unpaired) electrons. The van der Waals surface area contributed by atoms with Crippen LogP contribution in [0, 0.1) is 5.82 Å². The normalized spacial score (nSPS) is 29.6. The molecule has 3 saturated heterocycles. The van der Waals surface area contributed by atoms with Gasteiger partial charge in [0.2, 0.25) is 11.8 Å². The summed E-state index contributed by atoms with van der Waals surface area (Å²) in [5.74, 6) is 0.477. The number of hydrogen-bond acceptors (Lipinski definition) is 3. The van der Waals surface area contributed by atoms with Gasteiger partial charge in [-0.3, -0.25) is 9.59 Å². The summed E-state index contributed by atoms with van der Waals surface area (Å²) in [4.78, 5) is 29.0. The first-order chi connectivity index (χ1) is 12.1. The summed E-state index contributed by atoms with van der Waals surface area (Å²) < 4.78 is 13.3. The number of nitrogens with zero attached hydrogens (tertiary/aromatic N) is 2. The lowest BCUT2D eigenvalue weighted by atomic mass is 10.0. The van der Waals surface area contributed by atoms with Gasteiger partial charge < -0.3 is 9.80 Å². The first-order valence-electron chi connectivity index (χ1n) is 9.13. The fourth-order valence-corrected chi connectivity index (χ4v) is 5.98. The molecule has 3 heterocycles. The van der Waals surface area contributed by atoms with Crippen molar-refractivity contribution in [3.05, 3.63) is 35.6 Å². The van der Waals surface area contributed by atoms with Gasteiger partial charge in [0.25, 0.3) is 0 Å². The summed E-state index contributed by atoms with van der Waals surface area (Å²) >= 11 is 1.66. The van der Waals surface area contributed by atoms with E-state index in [0.29, 0.717) is 18.6 Å². The van der Waals surface area contributed by atoms with E-state index in [1.165, 1.54) is 25.0 Å². The molecule has 4 rings (SSSR count). The summed E-state index contributed by atoms with van der Waals surface area (Å²) in [5.41, 5.74) is 0.927. The zero-order valence-electron chi connectivity index (χ0n) is 14.2. The molecule has 1 aromatic rings. The SMILES string of the molecule is O=C([C@H]1CS[C@]2(c3ccc(F)cc3)CCC(=O)N12)N1CCCCCC1. The van der Waals surface area contributed by atoms with Crippen molar-refractivity contribution in [1.29, 1.82) is 0 Å². The molecule has 0 saturated carbocycles. The number of benzene rings is 1. The van der Waals surface area contributed by atoms with Crippen LogP contribution in [0.5, 0.6) is 0 Å². The topological polar surface area (TPSA) is 40.6 Å². The standard InChI is InChI=1S/C19H23FN2O2S/c20-15-7-5-14(6-8-15)19-10-9-17(23)22(19)16(13-25-19)18(24)21-11-3-1-2-4-12-21/h5-8,16H,1-4,9-13H2/t16-,19+/m1/s1. The fourth-order valence-electron chi connectivity index (χ4n) is 4.34. The number of thioether (sulfide) groups is 1. The Balaban J connectivity index is 1.62. The number of carbonyl (C=O) groups excluding carboxylic acids is 2. The van der Waals surface area contributed by atoms with E-state index < -0.39 is 4.87 Å². The molecule has 3 fully saturated rings. The van der Waals surface area contributed by atoms with Gasteiger partial charge >= 0.3 is 0 Å². The molecule has 0 aromatic heterocycles. The maximum atomic E-state index is 13.3. The van der Waals surface area contributed by atoms with Gasteiger partial charge in [-0.25, -0.2) is 4.39 Å². The molecule has 2 amide bonds. The van der Waals surface area contributed by atoms with Crippen LogP contribution in [-0.4, -0.2) is 46.5 Å². The lowest BCUT2D eigenvalue weighted by Crippen LogP contribution is -2.51. The van der Waals surface area contributed by atoms with Crippen LogP contribution in [-0.2, 0) is 14.5 Å². The second-order valence-corrected chi connectivity index (χ2v) is 8.42. The van der Waals surface area contributed by atoms with Gasteiger partial charge in [-0.2, -0.15) is 0 Å². The van der Waals surface area contributed by atoms with Crippen LogP contribution < -0.4 is 0 Å². The maximum Gasteiger partial charge on any atom is 0.246 e. The van der Waals surface area contributed by atoms with E-state index in [9.17, 15) is 14.0 Å². The van der Waals surface area contributed by atoms with Crippen molar-refractivity contribution in [1.82, 2.24) is 9.80 Å². The zero-order valence-corrected chi connectivity index (χ0v) is 15.1. The average molecular weight is 362 g/mol. The van der Waals surface area contributed by atoms with E-state index in [1.54, 1.807) is 28.8 Å². The van der Waals surface area contributed by atoms with Gasteiger partial charge in [-0.15, -0.1) is 11.8 Å². The smallest absolute Gasteiger partial charge is 0.246 e. The highest BCUT2D eigenvalue weighted by molar-refractivity contribution is 8.00. The molecule has 0 unspecified atom stereocenters. The molecule has 3 aliphatic heterocycles. The number of carbonyl (C=O) groups is 2. The van der Waals surface area contributed by atoms with Gasteiger partial charge in [0.1, 0.15) is 16.7 Å². The number of rotatable bonds is 2. The van der Waals surface area contributed by atoms with Gasteiger partial charge in [-0.1, -0.05) is 25.0 Å². The maximum absolute atomic E-state index is 13.3. The number of hydrogen-bond donors (Lipinski definition) is 0. The van der Waals surface area contributed by atoms with E-state index in [4.69, 9.17) is 0 Å². The van der Waals surface area contributed by atoms with Crippen LogP contribution in [0.4, 0.5) is 4.39 Å². The van der Waals surface area contributed by atoms with Crippen molar-refractivity contribution in [2.75, 3.05) is 18.8 Å². The number of halogens is 1. The lowest BCUT2D eigenvalue weighted by molar-refractivity contribution is -0.144. The highest BCUT2D eigenvalue weighted by Crippen LogP contribution is 2.54. The first kappa shape index (κ1) is 16.9. The van der Waals surface area contributed by atoms with Crippen molar-refractivity contribution in [3.63, 3.8) is 0 Å². The minimum absolute atomic E-state index is 0.0440. The van der Waals surface area contributed by atoms with Crippen LogP contribution >= 0.6 is 11.8 Å². The molecule has 1 aromatic carbocycles. The van der Waals surface area contributed by atoms with E-state index in [1.807, 2.05) is 4.90 Å². The van der Waals surface area contributed by atoms with E-state index in [0.717, 1.165) is 31.5 Å². The molecular formula is C19H23FN2O2S. The van der Waals surface area contributed by atoms with Gasteiger partial charge in [0, 0.05) is 25.3 Å². The summed E-state index contributed by atoms with van der Waals surface area (Å²) in [6.07, 6.45) is 5.57. The van der Waals surface area contributed by atoms with Gasteiger partial charge in [-0.05, 0) is 37.0 Å². The Morgan fingerprint density at radius 3 is 2.48 bits per heavy atom. The zero-order chi connectivity index (χ0) is 17.4. The highest BCUT2D eigenvalue weighted by atomic mass is 32.2. The predicted octanol–water partition coefficient (Wildman–Crippen LogP) is 3.12. The third-order valence-electron chi connectivity index (χ3n) is 5.63. The summed E-state index contributed by atoms with van der Waals surface area (Å²) in [6.45, 7) is 1.59. The Hall–Kier alpha value is -1.56. The molecule has 0 aliphatic carbocycles. The summed E-state index contributed by atoms with van der Waals surface area (Å²) in [5, 5.41) is 0. The van der Waals surface area contributed by atoms with Gasteiger partial charge in [0.15, 0.2) is 0 Å². The van der Waals surface area contributed by atoms with Crippen molar-refractivity contribution < 1.29 is 14.0 Å². The monoisotopic (exact) mass is 362 g/mol. The summed E-state index contributed by atoms with van der Waals surface area (Å²) in [7, 11) is 0. The average Bonchev–Trinajstić information content (AvgIpc) is 3.02. The molecule has 0 N–H and O–H groups in total. The fraction of sp³-hybridized carbons (Fsp3) is 0.579. The molecule has 4 nitrogen and oxygen atoms in total. The molecule has 6 heteroatoms. The third-order valence-corrected chi connectivity index (χ3v) is 7.22. The van der Waals surface area contributed by atoms with Gasteiger partial charge in [0.05, 0.1) is 0 Å². The number of fused-ring (bicyclic) bond motifs is 1. The van der Waals surface area contributed by atoms with Crippen molar-refractivity contribution >= 4 is 23.6 Å². The third kappa shape index (κ3) is 2.84. The molecule has 25 heavy (non-hydrogen) atoms. The van der Waals surface area contributed by atoms with Crippen LogP contribution in [0.2, 0.25) is 0 Å². The van der Waals surface area contributed by atoms with Crippen LogP contribution in [0.3, 0.4) is 0 Å². The Morgan fingerprint density at radius 1 is 1.12 bits per heavy atom. The van der Waals surface area contributed by atoms with Crippen molar-refractivity contribution in [2.24, 2.45) is 0 Å². The first-order valence-corrected chi connectivity index (χ1v) is 10.1. The highest BCUT2D eigenvalue weighted by Gasteiger charge is 2.57. The molecule has 0 bridgehead atoms. The molecule has 3 aliphatic rings. The molecule has 0 spiro atoms. The molecule has 2 atom stereocenters. The number of amides is 2. The second-order valence-electron chi connectivity index (χ2n) is 7.12. The van der Waals surface area contributed by atoms with E-state index >= 15 is 0 Å². The van der Waals surface area contributed by atoms with Crippen molar-refractivity contribution in [2.45, 2.75) is 49.4 Å². The molecular weight excluding hydrogens is 339 g/mol. The Morgan fingerprint density at radius 2 is 1.80 bits per heavy atom. The minimum atomic E-state index is -0.503. The number of likely N-dealkylation sites (tertiary alicyclic amines) is 1. The Kier molecular flexibility index (Phi) is 4.48. The Labute approximate surface area is 151 Å². The van der Waals surface area contributed by atoms with Crippen LogP contribution in [0.15, 0.2) is 24.3 Å². The summed E-state index contributed by atoms with van der Waals surface area (Å²) in [6, 6.07) is 6.01. The second kappa shape index (κ2) is 6.63. The molecule has 134 valence electrons. The predicted molar refractivity (Wildman–Crippen MR) is 95.5 cm³/mol. The van der Waals surface area contributed by atoms with Crippen LogP contribution in [0.1, 0.15) is 44.1 Å². The van der Waals surface area contributed by atoms with E-state index in [-0.39, 0.29) is 23.7 Å². The largest absolute Gasteiger partial charge is 0.341 e. The minimum Gasteiger partial charge on any atom is -0.341 e. The van der Waals surface area contributed by atoms with Crippen molar-refractivity contribution in [3.8, 4) is 0 Å². The van der Waals surface area contributed by atoms with Crippen LogP contribution in [0.25, 0.3) is 0 Å². The quantitative estimate of drug-likeness (QED) is 0.812. The van der Waals surface area contributed by atoms with E-state index in [2.05, 4.69) is 0 Å².